The lowest BCUT2D eigenvalue weighted by Crippen LogP contribution is -2.05. The van der Waals surface area contributed by atoms with Gasteiger partial charge in [-0.1, -0.05) is 6.07 Å². The number of benzene rings is 1. The lowest BCUT2D eigenvalue weighted by Gasteiger charge is -2.13. The zero-order valence-corrected chi connectivity index (χ0v) is 11.0. The van der Waals surface area contributed by atoms with Crippen LogP contribution >= 0.6 is 0 Å². The molecule has 0 atom stereocenters. The minimum absolute atomic E-state index is 0.382. The number of hydrogen-bond donors (Lipinski definition) is 1. The average molecular weight is 252 g/mol. The summed E-state index contributed by atoms with van der Waals surface area (Å²) >= 11 is 0. The van der Waals surface area contributed by atoms with Gasteiger partial charge in [0, 0.05) is 35.7 Å². The van der Waals surface area contributed by atoms with E-state index in [0.717, 1.165) is 22.5 Å². The minimum Gasteiger partial charge on any atom is -0.326 e. The fraction of sp³-hybridized carbons (Fsp3) is 0.200. The number of rotatable bonds is 3. The molecule has 0 spiro atoms. The van der Waals surface area contributed by atoms with Crippen LogP contribution in [-0.4, -0.2) is 14.5 Å². The van der Waals surface area contributed by atoms with Crippen molar-refractivity contribution >= 4 is 22.5 Å². The van der Waals surface area contributed by atoms with Gasteiger partial charge in [0.1, 0.15) is 0 Å². The van der Waals surface area contributed by atoms with Crippen LogP contribution in [0.1, 0.15) is 19.9 Å². The van der Waals surface area contributed by atoms with Crippen LogP contribution in [0.4, 0.5) is 11.6 Å². The molecule has 1 aromatic carbocycles. The second-order valence-electron chi connectivity index (χ2n) is 4.79. The highest BCUT2D eigenvalue weighted by atomic mass is 15.2. The molecule has 0 aliphatic carbocycles. The van der Waals surface area contributed by atoms with Crippen molar-refractivity contribution < 1.29 is 0 Å². The third-order valence-electron chi connectivity index (χ3n) is 3.08. The first-order valence-electron chi connectivity index (χ1n) is 6.39. The van der Waals surface area contributed by atoms with Gasteiger partial charge in [-0.05, 0) is 38.1 Å². The van der Waals surface area contributed by atoms with Gasteiger partial charge in [0.2, 0.25) is 5.95 Å². The van der Waals surface area contributed by atoms with E-state index in [-0.39, 0.29) is 0 Å². The number of fused-ring (bicyclic) bond motifs is 1. The quantitative estimate of drug-likeness (QED) is 0.771. The molecule has 0 aliphatic heterocycles. The highest BCUT2D eigenvalue weighted by molar-refractivity contribution is 5.82. The maximum atomic E-state index is 4.35. The fourth-order valence-electron chi connectivity index (χ4n) is 2.11. The first-order chi connectivity index (χ1) is 9.24. The molecule has 0 fully saturated rings. The normalized spacial score (nSPS) is 11.1. The Morgan fingerprint density at radius 2 is 2.00 bits per heavy atom. The zero-order chi connectivity index (χ0) is 13.2. The monoisotopic (exact) mass is 252 g/mol. The molecule has 0 aliphatic rings. The van der Waals surface area contributed by atoms with Gasteiger partial charge in [-0.25, -0.2) is 4.98 Å². The van der Waals surface area contributed by atoms with Crippen molar-refractivity contribution in [1.82, 2.24) is 14.5 Å². The molecule has 96 valence electrons. The summed E-state index contributed by atoms with van der Waals surface area (Å²) in [6, 6.07) is 10.5. The molecule has 0 bridgehead atoms. The summed E-state index contributed by atoms with van der Waals surface area (Å²) in [6.45, 7) is 4.27. The lowest BCUT2D eigenvalue weighted by atomic mass is 10.2. The van der Waals surface area contributed by atoms with Crippen molar-refractivity contribution in [2.45, 2.75) is 19.9 Å². The SMILES string of the molecule is CC(C)n1ccnc1Nc1ccc2ncccc2c1. The molecule has 0 saturated carbocycles. The summed E-state index contributed by atoms with van der Waals surface area (Å²) in [5.41, 5.74) is 2.02. The van der Waals surface area contributed by atoms with E-state index < -0.39 is 0 Å². The Hall–Kier alpha value is -2.36. The Morgan fingerprint density at radius 1 is 1.11 bits per heavy atom. The van der Waals surface area contributed by atoms with Crippen LogP contribution in [0.15, 0.2) is 48.9 Å². The summed E-state index contributed by atoms with van der Waals surface area (Å²) in [7, 11) is 0. The molecule has 0 unspecified atom stereocenters. The Morgan fingerprint density at radius 3 is 2.84 bits per heavy atom. The van der Waals surface area contributed by atoms with Gasteiger partial charge in [0.25, 0.3) is 0 Å². The highest BCUT2D eigenvalue weighted by Crippen LogP contribution is 2.21. The second kappa shape index (κ2) is 4.72. The Labute approximate surface area is 112 Å². The van der Waals surface area contributed by atoms with Crippen molar-refractivity contribution in [1.29, 1.82) is 0 Å². The molecule has 0 amide bonds. The van der Waals surface area contributed by atoms with Gasteiger partial charge in [-0.2, -0.15) is 0 Å². The van der Waals surface area contributed by atoms with Gasteiger partial charge < -0.3 is 9.88 Å². The van der Waals surface area contributed by atoms with E-state index in [4.69, 9.17) is 0 Å². The van der Waals surface area contributed by atoms with Gasteiger partial charge in [0.05, 0.1) is 5.52 Å². The largest absolute Gasteiger partial charge is 0.326 e. The number of nitrogens with one attached hydrogen (secondary N) is 1. The average Bonchev–Trinajstić information content (AvgIpc) is 2.87. The molecule has 0 saturated heterocycles. The third-order valence-corrected chi connectivity index (χ3v) is 3.08. The summed E-state index contributed by atoms with van der Waals surface area (Å²) in [4.78, 5) is 8.67. The Bertz CT molecular complexity index is 700. The molecule has 2 heterocycles. The van der Waals surface area contributed by atoms with Crippen LogP contribution in [-0.2, 0) is 0 Å². The van der Waals surface area contributed by atoms with E-state index in [1.807, 2.05) is 30.6 Å². The third kappa shape index (κ3) is 2.29. The van der Waals surface area contributed by atoms with Crippen LogP contribution in [0.3, 0.4) is 0 Å². The molecule has 3 rings (SSSR count). The van der Waals surface area contributed by atoms with E-state index in [1.54, 1.807) is 6.20 Å². The van der Waals surface area contributed by atoms with Crippen molar-refractivity contribution in [3.63, 3.8) is 0 Å². The number of pyridine rings is 1. The number of imidazole rings is 1. The molecule has 4 heteroatoms. The topological polar surface area (TPSA) is 42.7 Å². The summed E-state index contributed by atoms with van der Waals surface area (Å²) < 4.78 is 2.10. The summed E-state index contributed by atoms with van der Waals surface area (Å²) in [5, 5.41) is 4.47. The van der Waals surface area contributed by atoms with Crippen molar-refractivity contribution in [3.05, 3.63) is 48.9 Å². The molecular weight excluding hydrogens is 236 g/mol. The maximum Gasteiger partial charge on any atom is 0.207 e. The maximum absolute atomic E-state index is 4.35. The molecular formula is C15H16N4. The van der Waals surface area contributed by atoms with Gasteiger partial charge >= 0.3 is 0 Å². The first-order valence-corrected chi connectivity index (χ1v) is 6.39. The molecule has 19 heavy (non-hydrogen) atoms. The van der Waals surface area contributed by atoms with Gasteiger partial charge in [-0.15, -0.1) is 0 Å². The number of hydrogen-bond acceptors (Lipinski definition) is 3. The van der Waals surface area contributed by atoms with Crippen LogP contribution in [0.25, 0.3) is 10.9 Å². The zero-order valence-electron chi connectivity index (χ0n) is 11.0. The summed E-state index contributed by atoms with van der Waals surface area (Å²) in [6.07, 6.45) is 5.60. The predicted octanol–water partition coefficient (Wildman–Crippen LogP) is 3.76. The van der Waals surface area contributed by atoms with E-state index in [2.05, 4.69) is 45.8 Å². The second-order valence-corrected chi connectivity index (χ2v) is 4.79. The lowest BCUT2D eigenvalue weighted by molar-refractivity contribution is 0.608. The molecule has 2 aromatic heterocycles. The molecule has 1 N–H and O–H groups in total. The van der Waals surface area contributed by atoms with E-state index in [0.29, 0.717) is 6.04 Å². The van der Waals surface area contributed by atoms with Crippen molar-refractivity contribution in [3.8, 4) is 0 Å². The molecule has 3 aromatic rings. The van der Waals surface area contributed by atoms with Crippen LogP contribution < -0.4 is 5.32 Å². The smallest absolute Gasteiger partial charge is 0.207 e. The summed E-state index contributed by atoms with van der Waals surface area (Å²) in [5.74, 6) is 0.859. The Balaban J connectivity index is 1.94. The Kier molecular flexibility index (Phi) is 2.91. The van der Waals surface area contributed by atoms with E-state index in [9.17, 15) is 0 Å². The van der Waals surface area contributed by atoms with E-state index >= 15 is 0 Å². The van der Waals surface area contributed by atoms with E-state index in [1.165, 1.54) is 0 Å². The highest BCUT2D eigenvalue weighted by Gasteiger charge is 2.06. The number of anilines is 2. The van der Waals surface area contributed by atoms with Crippen molar-refractivity contribution in [2.24, 2.45) is 0 Å². The molecule has 0 radical (unpaired) electrons. The van der Waals surface area contributed by atoms with Crippen molar-refractivity contribution in [2.75, 3.05) is 5.32 Å². The number of nitrogens with zero attached hydrogens (tertiary/aromatic N) is 3. The molecule has 4 nitrogen and oxygen atoms in total. The minimum atomic E-state index is 0.382. The van der Waals surface area contributed by atoms with Crippen LogP contribution in [0, 0.1) is 0 Å². The van der Waals surface area contributed by atoms with Gasteiger partial charge in [0.15, 0.2) is 0 Å². The van der Waals surface area contributed by atoms with Crippen LogP contribution in [0.5, 0.6) is 0 Å². The van der Waals surface area contributed by atoms with Gasteiger partial charge in [-0.3, -0.25) is 4.98 Å². The first kappa shape index (κ1) is 11.7. The van der Waals surface area contributed by atoms with Crippen LogP contribution in [0.2, 0.25) is 0 Å². The predicted molar refractivity (Wildman–Crippen MR) is 77.6 cm³/mol. The number of aromatic nitrogens is 3. The standard InChI is InChI=1S/C15H16N4/c1-11(2)19-9-8-17-15(19)18-13-5-6-14-12(10-13)4-3-7-16-14/h3-11H,1-2H3,(H,17,18). The fourth-order valence-corrected chi connectivity index (χ4v) is 2.11.